The highest BCUT2D eigenvalue weighted by atomic mass is 16.5. The van der Waals surface area contributed by atoms with Crippen LogP contribution in [-0.4, -0.2) is 51.0 Å². The fraction of sp³-hybridized carbons (Fsp3) is 0.294. The Bertz CT molecular complexity index is 796. The van der Waals surface area contributed by atoms with E-state index in [0.29, 0.717) is 38.1 Å². The van der Waals surface area contributed by atoms with E-state index in [0.717, 1.165) is 5.75 Å². The maximum absolute atomic E-state index is 5.80. The minimum absolute atomic E-state index is 0.0623. The van der Waals surface area contributed by atoms with E-state index in [9.17, 15) is 0 Å². The summed E-state index contributed by atoms with van der Waals surface area (Å²) in [5.74, 6) is 1.87. The van der Waals surface area contributed by atoms with Crippen LogP contribution in [-0.2, 0) is 4.74 Å². The smallest absolute Gasteiger partial charge is 0.228 e. The molecular weight excluding hydrogens is 320 g/mol. The highest BCUT2D eigenvalue weighted by Crippen LogP contribution is 2.22. The van der Waals surface area contributed by atoms with Gasteiger partial charge in [-0.1, -0.05) is 18.2 Å². The van der Waals surface area contributed by atoms with E-state index >= 15 is 0 Å². The Balaban J connectivity index is 1.53. The molecule has 25 heavy (non-hydrogen) atoms. The summed E-state index contributed by atoms with van der Waals surface area (Å²) < 4.78 is 13.3. The maximum atomic E-state index is 5.80. The van der Waals surface area contributed by atoms with E-state index < -0.39 is 0 Å². The van der Waals surface area contributed by atoms with Crippen molar-refractivity contribution in [2.45, 2.75) is 6.04 Å². The summed E-state index contributed by atoms with van der Waals surface area (Å²) in [6.07, 6.45) is 4.93. The number of ether oxygens (including phenoxy) is 2. The van der Waals surface area contributed by atoms with Crippen LogP contribution in [0.1, 0.15) is 6.04 Å². The van der Waals surface area contributed by atoms with Gasteiger partial charge >= 0.3 is 0 Å². The van der Waals surface area contributed by atoms with Crippen LogP contribution in [0.5, 0.6) is 11.6 Å². The summed E-state index contributed by atoms with van der Waals surface area (Å²) in [5, 5.41) is 4.22. The second-order valence-electron chi connectivity index (χ2n) is 5.66. The van der Waals surface area contributed by atoms with E-state index in [1.54, 1.807) is 18.6 Å². The van der Waals surface area contributed by atoms with Crippen LogP contribution >= 0.6 is 0 Å². The molecule has 1 fully saturated rings. The second-order valence-corrected chi connectivity index (χ2v) is 5.66. The molecule has 8 heteroatoms. The minimum atomic E-state index is 0.0623. The van der Waals surface area contributed by atoms with Crippen LogP contribution in [0.4, 0.5) is 5.95 Å². The molecule has 128 valence electrons. The maximum Gasteiger partial charge on any atom is 0.228 e. The average molecular weight is 338 g/mol. The number of hydrogen-bond acceptors (Lipinski definition) is 7. The number of para-hydroxylation sites is 1. The first kappa shape index (κ1) is 15.5. The Labute approximate surface area is 145 Å². The van der Waals surface area contributed by atoms with Crippen LogP contribution in [0, 0.1) is 0 Å². The first-order chi connectivity index (χ1) is 12.4. The third-order valence-electron chi connectivity index (χ3n) is 3.92. The molecule has 0 saturated carbocycles. The summed E-state index contributed by atoms with van der Waals surface area (Å²) in [7, 11) is 0. The highest BCUT2D eigenvalue weighted by molar-refractivity contribution is 5.34. The van der Waals surface area contributed by atoms with Gasteiger partial charge in [0.25, 0.3) is 0 Å². The second kappa shape index (κ2) is 7.27. The molecule has 2 aromatic heterocycles. The van der Waals surface area contributed by atoms with Crippen LogP contribution in [0.15, 0.2) is 55.2 Å². The van der Waals surface area contributed by atoms with Crippen LogP contribution in [0.25, 0.3) is 0 Å². The van der Waals surface area contributed by atoms with Crippen molar-refractivity contribution in [3.63, 3.8) is 0 Å². The summed E-state index contributed by atoms with van der Waals surface area (Å²) in [4.78, 5) is 15.0. The van der Waals surface area contributed by atoms with Gasteiger partial charge in [0, 0.05) is 25.4 Å². The molecule has 1 aromatic carbocycles. The van der Waals surface area contributed by atoms with Gasteiger partial charge in [-0.2, -0.15) is 10.1 Å². The lowest BCUT2D eigenvalue weighted by Gasteiger charge is -2.23. The molecule has 0 spiro atoms. The molecule has 4 rings (SSSR count). The molecule has 3 heterocycles. The highest BCUT2D eigenvalue weighted by Gasteiger charge is 2.22. The van der Waals surface area contributed by atoms with Gasteiger partial charge in [-0.15, -0.1) is 0 Å². The van der Waals surface area contributed by atoms with Crippen molar-refractivity contribution >= 4 is 5.95 Å². The van der Waals surface area contributed by atoms with Crippen LogP contribution in [0.3, 0.4) is 0 Å². The van der Waals surface area contributed by atoms with Crippen molar-refractivity contribution in [2.75, 3.05) is 31.2 Å². The molecule has 0 radical (unpaired) electrons. The molecule has 0 N–H and O–H groups in total. The summed E-state index contributed by atoms with van der Waals surface area (Å²) in [6, 6.07) is 11.4. The molecule has 1 atom stereocenters. The lowest BCUT2D eigenvalue weighted by molar-refractivity contribution is 0.122. The normalized spacial score (nSPS) is 17.9. The van der Waals surface area contributed by atoms with E-state index in [1.807, 2.05) is 35.0 Å². The summed E-state index contributed by atoms with van der Waals surface area (Å²) in [6.45, 7) is 2.59. The number of anilines is 1. The first-order valence-electron chi connectivity index (χ1n) is 8.11. The van der Waals surface area contributed by atoms with Gasteiger partial charge < -0.3 is 14.4 Å². The van der Waals surface area contributed by atoms with Gasteiger partial charge in [0.1, 0.15) is 18.4 Å². The van der Waals surface area contributed by atoms with Gasteiger partial charge in [-0.3, -0.25) is 0 Å². The molecule has 0 amide bonds. The van der Waals surface area contributed by atoms with Crippen molar-refractivity contribution in [1.29, 1.82) is 0 Å². The molecule has 0 bridgehead atoms. The van der Waals surface area contributed by atoms with Crippen molar-refractivity contribution < 1.29 is 9.47 Å². The molecule has 0 aliphatic carbocycles. The number of aromatic nitrogens is 5. The van der Waals surface area contributed by atoms with Crippen molar-refractivity contribution in [3.05, 3.63) is 55.2 Å². The lowest BCUT2D eigenvalue weighted by atomic mass is 10.3. The quantitative estimate of drug-likeness (QED) is 0.719. The monoisotopic (exact) mass is 338 g/mol. The molecule has 3 aromatic rings. The van der Waals surface area contributed by atoms with Gasteiger partial charge in [-0.05, 0) is 12.1 Å². The van der Waals surface area contributed by atoms with E-state index in [2.05, 4.69) is 25.0 Å². The fourth-order valence-corrected chi connectivity index (χ4v) is 2.69. The minimum Gasteiger partial charge on any atom is -0.439 e. The predicted molar refractivity (Wildman–Crippen MR) is 90.6 cm³/mol. The SMILES string of the molecule is c1ccc(Oc2ccnc(N3CCOCC(n4cncn4)C3)n2)cc1. The zero-order valence-corrected chi connectivity index (χ0v) is 13.6. The van der Waals surface area contributed by atoms with Crippen molar-refractivity contribution in [3.8, 4) is 11.6 Å². The number of benzene rings is 1. The molecule has 1 aliphatic heterocycles. The Morgan fingerprint density at radius 3 is 2.92 bits per heavy atom. The molecule has 1 saturated heterocycles. The number of rotatable bonds is 4. The zero-order chi connectivity index (χ0) is 16.9. The van der Waals surface area contributed by atoms with Crippen LogP contribution < -0.4 is 9.64 Å². The lowest BCUT2D eigenvalue weighted by Crippen LogP contribution is -2.32. The number of nitrogens with zero attached hydrogens (tertiary/aromatic N) is 6. The third-order valence-corrected chi connectivity index (χ3v) is 3.92. The van der Waals surface area contributed by atoms with Crippen LogP contribution in [0.2, 0.25) is 0 Å². The number of hydrogen-bond donors (Lipinski definition) is 0. The third kappa shape index (κ3) is 3.74. The largest absolute Gasteiger partial charge is 0.439 e. The molecule has 1 unspecified atom stereocenters. The average Bonchev–Trinajstić information content (AvgIpc) is 3.07. The van der Waals surface area contributed by atoms with Crippen molar-refractivity contribution in [2.24, 2.45) is 0 Å². The van der Waals surface area contributed by atoms with Gasteiger partial charge in [0.2, 0.25) is 11.8 Å². The van der Waals surface area contributed by atoms with Gasteiger partial charge in [0.05, 0.1) is 19.3 Å². The topological polar surface area (TPSA) is 78.2 Å². The van der Waals surface area contributed by atoms with E-state index in [1.165, 1.54) is 6.33 Å². The molecular formula is C17H18N6O2. The molecule has 1 aliphatic rings. The van der Waals surface area contributed by atoms with Gasteiger partial charge in [-0.25, -0.2) is 14.6 Å². The Morgan fingerprint density at radius 1 is 1.16 bits per heavy atom. The Morgan fingerprint density at radius 2 is 2.08 bits per heavy atom. The Hall–Kier alpha value is -3.00. The van der Waals surface area contributed by atoms with E-state index in [4.69, 9.17) is 9.47 Å². The standard InChI is InChI=1S/C17H18N6O2/c1-2-4-15(5-3-1)25-16-6-7-19-17(21-16)22-8-9-24-11-14(10-22)23-13-18-12-20-23/h1-7,12-14H,8-11H2. The van der Waals surface area contributed by atoms with E-state index in [-0.39, 0.29) is 6.04 Å². The van der Waals surface area contributed by atoms with Gasteiger partial charge in [0.15, 0.2) is 0 Å². The fourth-order valence-electron chi connectivity index (χ4n) is 2.69. The summed E-state index contributed by atoms with van der Waals surface area (Å²) in [5.41, 5.74) is 0. The Kier molecular flexibility index (Phi) is 4.51. The predicted octanol–water partition coefficient (Wildman–Crippen LogP) is 1.94. The molecule has 8 nitrogen and oxygen atoms in total. The summed E-state index contributed by atoms with van der Waals surface area (Å²) >= 11 is 0. The zero-order valence-electron chi connectivity index (χ0n) is 13.6. The first-order valence-corrected chi connectivity index (χ1v) is 8.11. The van der Waals surface area contributed by atoms with Crippen molar-refractivity contribution in [1.82, 2.24) is 24.7 Å².